The number of hydrogen-bond donors (Lipinski definition) is 3. The zero-order valence-electron chi connectivity index (χ0n) is 18.0. The molecule has 5 rings (SSSR count). The summed E-state index contributed by atoms with van der Waals surface area (Å²) >= 11 is 0. The highest BCUT2D eigenvalue weighted by Crippen LogP contribution is 2.51. The lowest BCUT2D eigenvalue weighted by atomic mass is 9.62. The first-order valence-corrected chi connectivity index (χ1v) is 11.0. The van der Waals surface area contributed by atoms with E-state index in [1.807, 2.05) is 26.2 Å². The first-order chi connectivity index (χ1) is 14.8. The molecule has 3 aromatic rings. The van der Waals surface area contributed by atoms with Crippen molar-refractivity contribution >= 4 is 10.9 Å². The van der Waals surface area contributed by atoms with E-state index in [2.05, 4.69) is 15.2 Å². The van der Waals surface area contributed by atoms with Gasteiger partial charge in [-0.25, -0.2) is 8.78 Å². The van der Waals surface area contributed by atoms with Gasteiger partial charge in [-0.2, -0.15) is 0 Å². The van der Waals surface area contributed by atoms with E-state index < -0.39 is 5.60 Å². The van der Waals surface area contributed by atoms with Crippen molar-refractivity contribution in [3.63, 3.8) is 0 Å². The van der Waals surface area contributed by atoms with Crippen LogP contribution in [0.3, 0.4) is 0 Å². The molecule has 2 aromatic carbocycles. The van der Waals surface area contributed by atoms with E-state index in [1.165, 1.54) is 23.8 Å². The molecule has 164 valence electrons. The summed E-state index contributed by atoms with van der Waals surface area (Å²) in [6.45, 7) is 1.52. The predicted molar refractivity (Wildman–Crippen MR) is 118 cm³/mol. The Labute approximate surface area is 181 Å². The average Bonchev–Trinajstić information content (AvgIpc) is 3.10. The SMILES string of the molecule is CN(C)CC1CC2(CCC1(O)c1cccc(F)c1)NCCc1c2[nH]c2cc(F)ccc12. The number of halogens is 2. The number of rotatable bonds is 3. The smallest absolute Gasteiger partial charge is 0.125 e. The minimum atomic E-state index is -1.10. The number of H-pyrrole nitrogens is 1. The summed E-state index contributed by atoms with van der Waals surface area (Å²) in [6.07, 6.45) is 2.83. The highest BCUT2D eigenvalue weighted by Gasteiger charge is 2.52. The van der Waals surface area contributed by atoms with Gasteiger partial charge in [0.2, 0.25) is 0 Å². The van der Waals surface area contributed by atoms with E-state index in [0.29, 0.717) is 31.4 Å². The molecule has 1 aromatic heterocycles. The van der Waals surface area contributed by atoms with Crippen molar-refractivity contribution in [3.05, 3.63) is 70.9 Å². The zero-order valence-corrected chi connectivity index (χ0v) is 18.0. The highest BCUT2D eigenvalue weighted by molar-refractivity contribution is 5.85. The third kappa shape index (κ3) is 3.37. The first-order valence-electron chi connectivity index (χ1n) is 11.0. The molecule has 2 heterocycles. The molecular formula is C25H29F2N3O. The molecule has 1 fully saturated rings. The van der Waals surface area contributed by atoms with Gasteiger partial charge >= 0.3 is 0 Å². The second kappa shape index (κ2) is 7.40. The van der Waals surface area contributed by atoms with Crippen LogP contribution < -0.4 is 5.32 Å². The molecule has 6 heteroatoms. The van der Waals surface area contributed by atoms with Gasteiger partial charge in [0.1, 0.15) is 11.6 Å². The molecule has 2 aliphatic rings. The van der Waals surface area contributed by atoms with E-state index >= 15 is 0 Å². The van der Waals surface area contributed by atoms with Gasteiger partial charge in [-0.3, -0.25) is 0 Å². The van der Waals surface area contributed by atoms with Crippen molar-refractivity contribution in [2.45, 2.75) is 36.8 Å². The monoisotopic (exact) mass is 425 g/mol. The largest absolute Gasteiger partial charge is 0.385 e. The lowest BCUT2D eigenvalue weighted by Crippen LogP contribution is -2.57. The van der Waals surface area contributed by atoms with Crippen LogP contribution in [0.2, 0.25) is 0 Å². The molecule has 3 atom stereocenters. The Bertz CT molecular complexity index is 1130. The van der Waals surface area contributed by atoms with Crippen molar-refractivity contribution in [2.75, 3.05) is 27.2 Å². The Morgan fingerprint density at radius 2 is 1.90 bits per heavy atom. The van der Waals surface area contributed by atoms with E-state index in [1.54, 1.807) is 12.1 Å². The number of nitrogens with one attached hydrogen (secondary N) is 2. The van der Waals surface area contributed by atoms with Gasteiger partial charge in [-0.05, 0) is 81.2 Å². The fourth-order valence-corrected chi connectivity index (χ4v) is 5.89. The minimum Gasteiger partial charge on any atom is -0.385 e. The molecule has 3 N–H and O–H groups in total. The van der Waals surface area contributed by atoms with Crippen LogP contribution in [0.4, 0.5) is 8.78 Å². The average molecular weight is 426 g/mol. The van der Waals surface area contributed by atoms with Gasteiger partial charge in [0.05, 0.1) is 11.1 Å². The van der Waals surface area contributed by atoms with Crippen LogP contribution in [-0.2, 0) is 17.6 Å². The summed E-state index contributed by atoms with van der Waals surface area (Å²) < 4.78 is 27.9. The van der Waals surface area contributed by atoms with Crippen LogP contribution in [0, 0.1) is 17.6 Å². The molecule has 3 unspecified atom stereocenters. The summed E-state index contributed by atoms with van der Waals surface area (Å²) in [5.41, 5.74) is 2.41. The third-order valence-electron chi connectivity index (χ3n) is 7.30. The summed E-state index contributed by atoms with van der Waals surface area (Å²) in [7, 11) is 4.00. The molecule has 31 heavy (non-hydrogen) atoms. The standard InChI is InChI=1S/C25H29F2N3O/c1-30(2)15-17-14-24(9-10-25(17,31)16-4-3-5-18(26)12-16)23-21(8-11-28-24)20-7-6-19(27)13-22(20)29-23/h3-7,12-13,17,28-29,31H,8-11,14-15H2,1-2H3. The number of nitrogens with zero attached hydrogens (tertiary/aromatic N) is 1. The van der Waals surface area contributed by atoms with Crippen LogP contribution in [0.1, 0.15) is 36.1 Å². The third-order valence-corrected chi connectivity index (χ3v) is 7.30. The van der Waals surface area contributed by atoms with E-state index in [0.717, 1.165) is 29.6 Å². The van der Waals surface area contributed by atoms with Crippen LogP contribution >= 0.6 is 0 Å². The molecule has 0 saturated heterocycles. The summed E-state index contributed by atoms with van der Waals surface area (Å²) in [6, 6.07) is 11.3. The molecular weight excluding hydrogens is 396 g/mol. The second-order valence-corrected chi connectivity index (χ2v) is 9.53. The van der Waals surface area contributed by atoms with Crippen molar-refractivity contribution in [3.8, 4) is 0 Å². The van der Waals surface area contributed by atoms with Gasteiger partial charge in [-0.1, -0.05) is 12.1 Å². The minimum absolute atomic E-state index is 0.0975. The second-order valence-electron chi connectivity index (χ2n) is 9.53. The summed E-state index contributed by atoms with van der Waals surface area (Å²) in [5, 5.41) is 16.7. The zero-order chi connectivity index (χ0) is 21.8. The van der Waals surface area contributed by atoms with E-state index in [-0.39, 0.29) is 23.1 Å². The Hall–Kier alpha value is -2.28. The molecule has 1 aliphatic heterocycles. The summed E-state index contributed by atoms with van der Waals surface area (Å²) in [4.78, 5) is 5.59. The van der Waals surface area contributed by atoms with Gasteiger partial charge in [0.15, 0.2) is 0 Å². The number of aromatic nitrogens is 1. The topological polar surface area (TPSA) is 51.3 Å². The number of fused-ring (bicyclic) bond motifs is 4. The van der Waals surface area contributed by atoms with Gasteiger partial charge in [0, 0.05) is 35.6 Å². The fourth-order valence-electron chi connectivity index (χ4n) is 5.89. The van der Waals surface area contributed by atoms with Crippen molar-refractivity contribution in [1.82, 2.24) is 15.2 Å². The van der Waals surface area contributed by atoms with Crippen molar-refractivity contribution < 1.29 is 13.9 Å². The Kier molecular flexibility index (Phi) is 4.92. The van der Waals surface area contributed by atoms with Crippen LogP contribution in [0.25, 0.3) is 10.9 Å². The van der Waals surface area contributed by atoms with Crippen LogP contribution in [-0.4, -0.2) is 42.2 Å². The Morgan fingerprint density at radius 3 is 2.68 bits per heavy atom. The Morgan fingerprint density at radius 1 is 1.10 bits per heavy atom. The molecule has 0 amide bonds. The molecule has 1 spiro atoms. The van der Waals surface area contributed by atoms with Gasteiger partial charge in [-0.15, -0.1) is 0 Å². The van der Waals surface area contributed by atoms with Crippen molar-refractivity contribution in [2.24, 2.45) is 5.92 Å². The Balaban J connectivity index is 1.58. The number of aromatic amines is 1. The molecule has 0 bridgehead atoms. The normalized spacial score (nSPS) is 28.4. The van der Waals surface area contributed by atoms with E-state index in [4.69, 9.17) is 0 Å². The number of hydrogen-bond acceptors (Lipinski definition) is 3. The fraction of sp³-hybridized carbons (Fsp3) is 0.440. The quantitative estimate of drug-likeness (QED) is 0.594. The molecule has 1 saturated carbocycles. The van der Waals surface area contributed by atoms with Gasteiger partial charge < -0.3 is 20.3 Å². The maximum absolute atomic E-state index is 14.0. The van der Waals surface area contributed by atoms with Crippen LogP contribution in [0.5, 0.6) is 0 Å². The molecule has 4 nitrogen and oxygen atoms in total. The lowest BCUT2D eigenvalue weighted by Gasteiger charge is -2.51. The molecule has 1 aliphatic carbocycles. The van der Waals surface area contributed by atoms with Crippen molar-refractivity contribution in [1.29, 1.82) is 0 Å². The van der Waals surface area contributed by atoms with Crippen LogP contribution in [0.15, 0.2) is 42.5 Å². The number of benzene rings is 2. The highest BCUT2D eigenvalue weighted by atomic mass is 19.1. The maximum atomic E-state index is 14.0. The summed E-state index contributed by atoms with van der Waals surface area (Å²) in [5.74, 6) is -0.673. The molecule has 0 radical (unpaired) electrons. The number of aliphatic hydroxyl groups is 1. The predicted octanol–water partition coefficient (Wildman–Crippen LogP) is 4.04. The lowest BCUT2D eigenvalue weighted by molar-refractivity contribution is -0.0888. The first kappa shape index (κ1) is 20.6. The maximum Gasteiger partial charge on any atom is 0.125 e. The van der Waals surface area contributed by atoms with Gasteiger partial charge in [0.25, 0.3) is 0 Å². The van der Waals surface area contributed by atoms with E-state index in [9.17, 15) is 13.9 Å².